The Hall–Kier alpha value is -3.91. The second-order valence-electron chi connectivity index (χ2n) is 13.1. The second-order valence-corrected chi connectivity index (χ2v) is 13.1. The zero-order chi connectivity index (χ0) is 39.3. The van der Waals surface area contributed by atoms with Crippen LogP contribution >= 0.6 is 0 Å². The van der Waals surface area contributed by atoms with E-state index in [-0.39, 0.29) is 28.0 Å². The first-order valence-corrected chi connectivity index (χ1v) is 16.5. The van der Waals surface area contributed by atoms with Crippen LogP contribution in [0.1, 0.15) is 6.92 Å². The van der Waals surface area contributed by atoms with Gasteiger partial charge in [0.25, 0.3) is 0 Å². The first kappa shape index (κ1) is 39.8. The van der Waals surface area contributed by atoms with Crippen molar-refractivity contribution >= 4 is 11.0 Å². The lowest BCUT2D eigenvalue weighted by atomic mass is 9.98. The van der Waals surface area contributed by atoms with Gasteiger partial charge in [-0.1, -0.05) is 0 Å². The van der Waals surface area contributed by atoms with Crippen molar-refractivity contribution in [2.45, 2.75) is 99.0 Å². The van der Waals surface area contributed by atoms with Gasteiger partial charge in [-0.15, -0.1) is 0 Å². The van der Waals surface area contributed by atoms with E-state index >= 15 is 0 Å². The van der Waals surface area contributed by atoms with Crippen molar-refractivity contribution in [1.82, 2.24) is 0 Å². The van der Waals surface area contributed by atoms with Crippen molar-refractivity contribution in [3.05, 3.63) is 30.3 Å². The maximum atomic E-state index is 10.9. The van der Waals surface area contributed by atoms with Gasteiger partial charge in [-0.05, 0) is 6.92 Å². The van der Waals surface area contributed by atoms with Gasteiger partial charge in [-0.25, -0.2) is 4.42 Å². The molecule has 3 fully saturated rings. The molecule has 0 aliphatic carbocycles. The van der Waals surface area contributed by atoms with E-state index in [4.69, 9.17) is 32.8 Å². The van der Waals surface area contributed by atoms with Gasteiger partial charge in [-0.2, -0.15) is 0 Å². The van der Waals surface area contributed by atoms with Crippen molar-refractivity contribution in [2.75, 3.05) is 13.2 Å². The van der Waals surface area contributed by atoms with E-state index in [2.05, 4.69) is 0 Å². The topological polar surface area (TPSA) is 350 Å². The number of aromatic hydroxyl groups is 4. The molecule has 298 valence electrons. The van der Waals surface area contributed by atoms with Crippen LogP contribution < -0.4 is 9.47 Å². The Morgan fingerprint density at radius 2 is 1.13 bits per heavy atom. The number of hydrogen-bond acceptors (Lipinski definition) is 20. The molecule has 14 N–H and O–H groups in total. The highest BCUT2D eigenvalue weighted by molar-refractivity contribution is 5.89. The molecule has 1 aromatic heterocycles. The summed E-state index contributed by atoms with van der Waals surface area (Å²) in [5.74, 6) is -4.04. The molecule has 3 aromatic rings. The molecule has 0 amide bonds. The molecular weight excluding hydrogens is 732 g/mol. The minimum atomic E-state index is -1.99. The summed E-state index contributed by atoms with van der Waals surface area (Å²) in [6.07, 6.45) is -24.9. The summed E-state index contributed by atoms with van der Waals surface area (Å²) in [5, 5.41) is 144. The van der Waals surface area contributed by atoms with Crippen LogP contribution in [-0.2, 0) is 18.9 Å². The number of ether oxygens (including phenoxy) is 6. The fourth-order valence-electron chi connectivity index (χ4n) is 6.20. The summed E-state index contributed by atoms with van der Waals surface area (Å²) in [7, 11) is 0. The van der Waals surface area contributed by atoms with Crippen molar-refractivity contribution < 1.29 is 104 Å². The number of hydrogen-bond donors (Lipinski definition) is 14. The lowest BCUT2D eigenvalue weighted by Crippen LogP contribution is -2.61. The number of benzene rings is 2. The monoisotopic (exact) mass is 773 g/mol. The Labute approximate surface area is 303 Å². The minimum Gasteiger partial charge on any atom is -0.507 e. The van der Waals surface area contributed by atoms with Gasteiger partial charge in [0, 0.05) is 24.3 Å². The van der Waals surface area contributed by atoms with Crippen molar-refractivity contribution in [3.8, 4) is 45.8 Å². The molecule has 2 aromatic carbocycles. The Bertz CT molecular complexity index is 1770. The minimum absolute atomic E-state index is 0.0696. The van der Waals surface area contributed by atoms with Crippen LogP contribution in [0.15, 0.2) is 34.7 Å². The third kappa shape index (κ3) is 7.52. The van der Waals surface area contributed by atoms with E-state index in [9.17, 15) is 71.5 Å². The normalized spacial score (nSPS) is 37.3. The summed E-state index contributed by atoms with van der Waals surface area (Å²) in [4.78, 5) is 0. The molecule has 3 aliphatic heterocycles. The highest BCUT2D eigenvalue weighted by atomic mass is 16.7. The SMILES string of the molecule is CC1O[C@@H](OCC2O[C@@H](Oc3cc4c(O[C@@H]5OC(CO)[C@@H](O)[C@H](O)C5O)cc(O)cc4[o+]c3-c3cc(O)c(O)c(O)c3)C(O)C(O)[C@H]2O)C(O)[C@@H](O)[C@H]1O. The van der Waals surface area contributed by atoms with Gasteiger partial charge in [0.05, 0.1) is 30.9 Å². The maximum absolute atomic E-state index is 10.9. The molecule has 3 saturated heterocycles. The molecule has 6 rings (SSSR count). The Balaban J connectivity index is 1.36. The Morgan fingerprint density at radius 3 is 1.74 bits per heavy atom. The first-order chi connectivity index (χ1) is 25.5. The smallest absolute Gasteiger partial charge is 0.402 e. The zero-order valence-corrected chi connectivity index (χ0v) is 28.1. The quantitative estimate of drug-likeness (QED) is 0.0738. The molecule has 21 nitrogen and oxygen atoms in total. The van der Waals surface area contributed by atoms with Crippen LogP contribution in [0.3, 0.4) is 0 Å². The third-order valence-corrected chi connectivity index (χ3v) is 9.37. The second kappa shape index (κ2) is 15.7. The van der Waals surface area contributed by atoms with Crippen molar-refractivity contribution in [2.24, 2.45) is 0 Å². The van der Waals surface area contributed by atoms with Gasteiger partial charge >= 0.3 is 11.3 Å². The zero-order valence-electron chi connectivity index (χ0n) is 28.1. The highest BCUT2D eigenvalue weighted by Crippen LogP contribution is 2.45. The number of fused-ring (bicyclic) bond motifs is 1. The largest absolute Gasteiger partial charge is 0.507 e. The van der Waals surface area contributed by atoms with E-state index < -0.39 is 134 Å². The average Bonchev–Trinajstić information content (AvgIpc) is 3.14. The predicted molar refractivity (Wildman–Crippen MR) is 173 cm³/mol. The first-order valence-electron chi connectivity index (χ1n) is 16.5. The molecule has 4 heterocycles. The van der Waals surface area contributed by atoms with E-state index in [1.54, 1.807) is 0 Å². The molecular formula is C33H41O21+. The molecule has 0 spiro atoms. The van der Waals surface area contributed by atoms with E-state index in [0.717, 1.165) is 24.3 Å². The highest BCUT2D eigenvalue weighted by Gasteiger charge is 2.49. The third-order valence-electron chi connectivity index (χ3n) is 9.37. The number of phenolic OH excluding ortho intramolecular Hbond substituents is 4. The summed E-state index contributed by atoms with van der Waals surface area (Å²) in [5.41, 5.74) is -0.355. The van der Waals surface area contributed by atoms with Crippen LogP contribution in [0.25, 0.3) is 22.3 Å². The molecule has 7 unspecified atom stereocenters. The van der Waals surface area contributed by atoms with Crippen LogP contribution in [-0.4, -0.2) is 177 Å². The molecule has 0 radical (unpaired) electrons. The molecule has 0 bridgehead atoms. The van der Waals surface area contributed by atoms with Crippen LogP contribution in [0.4, 0.5) is 0 Å². The summed E-state index contributed by atoms with van der Waals surface area (Å²) >= 11 is 0. The lowest BCUT2D eigenvalue weighted by molar-refractivity contribution is -0.318. The van der Waals surface area contributed by atoms with E-state index in [1.807, 2.05) is 0 Å². The predicted octanol–water partition coefficient (Wildman–Crippen LogP) is -3.59. The van der Waals surface area contributed by atoms with E-state index in [1.165, 1.54) is 13.0 Å². The summed E-state index contributed by atoms with van der Waals surface area (Å²) in [6, 6.07) is 5.22. The summed E-state index contributed by atoms with van der Waals surface area (Å²) in [6.45, 7) is 0.00397. The van der Waals surface area contributed by atoms with Gasteiger partial charge in [-0.3, -0.25) is 0 Å². The van der Waals surface area contributed by atoms with Gasteiger partial charge in [0.1, 0.15) is 84.0 Å². The number of aliphatic hydroxyl groups excluding tert-OH is 10. The molecule has 0 saturated carbocycles. The van der Waals surface area contributed by atoms with Crippen molar-refractivity contribution in [1.29, 1.82) is 0 Å². The Morgan fingerprint density at radius 1 is 0.593 bits per heavy atom. The van der Waals surface area contributed by atoms with Gasteiger partial charge in [0.2, 0.25) is 18.3 Å². The van der Waals surface area contributed by atoms with Crippen LogP contribution in [0, 0.1) is 0 Å². The van der Waals surface area contributed by atoms with Gasteiger partial charge in [0.15, 0.2) is 23.5 Å². The molecule has 21 heteroatoms. The number of aliphatic hydroxyl groups is 10. The standard InChI is InChI=1S/C33H40O21/c1-9-20(38)24(42)27(45)31(49-9)48-8-19-23(41)26(44)29(47)33(54-19)52-17-6-12-15(50-30(17)10-2-13(36)21(39)14(37)3-10)4-11(35)5-16(12)51-32-28(46)25(43)22(40)18(7-34)53-32/h2-6,9,18-20,22-29,31-34,38,40-47H,7-8H2,1H3,(H3-,35,36,37,39)/p+1/t9?,18?,19?,20-,22+,23-,24-,25-,26?,27?,28?,29?,31+,32+,33+/m0/s1. The Kier molecular flexibility index (Phi) is 11.5. The maximum Gasteiger partial charge on any atom is 0.402 e. The molecule has 15 atom stereocenters. The lowest BCUT2D eigenvalue weighted by Gasteiger charge is -2.42. The van der Waals surface area contributed by atoms with Crippen LogP contribution in [0.5, 0.6) is 34.5 Å². The molecule has 3 aliphatic rings. The van der Waals surface area contributed by atoms with E-state index in [0.29, 0.717) is 0 Å². The number of rotatable bonds is 9. The van der Waals surface area contributed by atoms with Gasteiger partial charge < -0.3 is 99.9 Å². The van der Waals surface area contributed by atoms with Crippen LogP contribution in [0.2, 0.25) is 0 Å². The average molecular weight is 774 g/mol. The number of phenols is 4. The fraction of sp³-hybridized carbons (Fsp3) is 0.545. The summed E-state index contributed by atoms with van der Waals surface area (Å²) < 4.78 is 39.8. The molecule has 54 heavy (non-hydrogen) atoms. The van der Waals surface area contributed by atoms with Crippen molar-refractivity contribution in [3.63, 3.8) is 0 Å². The fourth-order valence-corrected chi connectivity index (χ4v) is 6.20.